The van der Waals surface area contributed by atoms with Crippen molar-refractivity contribution in [1.82, 2.24) is 4.31 Å². The summed E-state index contributed by atoms with van der Waals surface area (Å²) in [5.74, 6) is -1.10. The largest absolute Gasteiger partial charge is 0.480 e. The number of halogens is 1. The van der Waals surface area contributed by atoms with Crippen molar-refractivity contribution in [2.45, 2.75) is 30.2 Å². The van der Waals surface area contributed by atoms with Crippen LogP contribution in [0.25, 0.3) is 0 Å². The highest BCUT2D eigenvalue weighted by Gasteiger charge is 2.37. The van der Waals surface area contributed by atoms with Crippen LogP contribution >= 0.6 is 11.6 Å². The zero-order valence-corrected chi connectivity index (χ0v) is 11.7. The van der Waals surface area contributed by atoms with E-state index < -0.39 is 22.0 Å². The Bertz CT molecular complexity index is 570. The molecule has 0 amide bonds. The number of hydrogen-bond acceptors (Lipinski definition) is 3. The lowest BCUT2D eigenvalue weighted by molar-refractivity contribution is -0.142. The normalized spacial score (nSPS) is 21.2. The molecule has 0 bridgehead atoms. The Labute approximate surface area is 116 Å². The van der Waals surface area contributed by atoms with E-state index in [1.165, 1.54) is 24.3 Å². The van der Waals surface area contributed by atoms with E-state index in [0.717, 1.165) is 10.7 Å². The predicted molar refractivity (Wildman–Crippen MR) is 70.6 cm³/mol. The lowest BCUT2D eigenvalue weighted by Crippen LogP contribution is -2.47. The first kappa shape index (κ1) is 14.3. The van der Waals surface area contributed by atoms with Crippen LogP contribution < -0.4 is 0 Å². The Hall–Kier alpha value is -1.11. The molecule has 19 heavy (non-hydrogen) atoms. The first-order valence-electron chi connectivity index (χ1n) is 5.93. The van der Waals surface area contributed by atoms with Crippen molar-refractivity contribution in [3.63, 3.8) is 0 Å². The van der Waals surface area contributed by atoms with Gasteiger partial charge in [0.25, 0.3) is 0 Å². The maximum Gasteiger partial charge on any atom is 0.322 e. The van der Waals surface area contributed by atoms with Gasteiger partial charge in [-0.2, -0.15) is 4.31 Å². The standard InChI is InChI=1S/C12H14ClNO4S/c13-9-4-6-10(7-5-9)19(17,18)14-8-2-1-3-11(14)12(15)16/h4-7,11H,1-3,8H2,(H,15,16)/t11-/m0/s1. The predicted octanol–water partition coefficient (Wildman–Crippen LogP) is 1.97. The highest BCUT2D eigenvalue weighted by molar-refractivity contribution is 7.89. The van der Waals surface area contributed by atoms with Crippen molar-refractivity contribution < 1.29 is 18.3 Å². The molecule has 1 aliphatic rings. The summed E-state index contributed by atoms with van der Waals surface area (Å²) in [6.07, 6.45) is 1.75. The Morgan fingerprint density at radius 3 is 2.47 bits per heavy atom. The second kappa shape index (κ2) is 5.48. The summed E-state index contributed by atoms with van der Waals surface area (Å²) < 4.78 is 25.9. The van der Waals surface area contributed by atoms with Gasteiger partial charge in [-0.1, -0.05) is 11.6 Å². The van der Waals surface area contributed by atoms with Gasteiger partial charge in [-0.3, -0.25) is 4.79 Å². The molecule has 1 heterocycles. The first-order valence-corrected chi connectivity index (χ1v) is 7.75. The van der Waals surface area contributed by atoms with Crippen molar-refractivity contribution in [3.05, 3.63) is 29.3 Å². The third-order valence-electron chi connectivity index (χ3n) is 3.16. The van der Waals surface area contributed by atoms with E-state index in [-0.39, 0.29) is 11.4 Å². The van der Waals surface area contributed by atoms with Crippen LogP contribution in [0, 0.1) is 0 Å². The van der Waals surface area contributed by atoms with E-state index in [9.17, 15) is 13.2 Å². The van der Waals surface area contributed by atoms with Crippen LogP contribution in [0.1, 0.15) is 19.3 Å². The van der Waals surface area contributed by atoms with Gasteiger partial charge in [-0.25, -0.2) is 8.42 Å². The number of rotatable bonds is 3. The number of carboxylic acids is 1. The summed E-state index contributed by atoms with van der Waals surface area (Å²) in [4.78, 5) is 11.2. The molecule has 0 radical (unpaired) electrons. The quantitative estimate of drug-likeness (QED) is 0.926. The molecule has 0 aromatic heterocycles. The van der Waals surface area contributed by atoms with Crippen molar-refractivity contribution in [2.75, 3.05) is 6.54 Å². The number of nitrogens with zero attached hydrogens (tertiary/aromatic N) is 1. The third kappa shape index (κ3) is 2.91. The van der Waals surface area contributed by atoms with Crippen LogP contribution in [0.5, 0.6) is 0 Å². The second-order valence-electron chi connectivity index (χ2n) is 4.42. The van der Waals surface area contributed by atoms with E-state index >= 15 is 0 Å². The van der Waals surface area contributed by atoms with Gasteiger partial charge >= 0.3 is 5.97 Å². The molecule has 0 unspecified atom stereocenters. The van der Waals surface area contributed by atoms with Crippen molar-refractivity contribution in [2.24, 2.45) is 0 Å². The topological polar surface area (TPSA) is 74.7 Å². The number of piperidine rings is 1. The average molecular weight is 304 g/mol. The highest BCUT2D eigenvalue weighted by atomic mass is 35.5. The molecular formula is C12H14ClNO4S. The van der Waals surface area contributed by atoms with Gasteiger partial charge in [0.15, 0.2) is 0 Å². The zero-order chi connectivity index (χ0) is 14.0. The summed E-state index contributed by atoms with van der Waals surface area (Å²) >= 11 is 5.72. The number of sulfonamides is 1. The number of hydrogen-bond donors (Lipinski definition) is 1. The highest BCUT2D eigenvalue weighted by Crippen LogP contribution is 2.26. The molecule has 0 spiro atoms. The molecule has 1 atom stereocenters. The fraction of sp³-hybridized carbons (Fsp3) is 0.417. The number of aliphatic carboxylic acids is 1. The van der Waals surface area contributed by atoms with Gasteiger partial charge in [0, 0.05) is 11.6 Å². The van der Waals surface area contributed by atoms with Crippen molar-refractivity contribution in [3.8, 4) is 0 Å². The van der Waals surface area contributed by atoms with Gasteiger partial charge in [0.2, 0.25) is 10.0 Å². The molecule has 1 fully saturated rings. The molecule has 1 aromatic carbocycles. The minimum Gasteiger partial charge on any atom is -0.480 e. The maximum absolute atomic E-state index is 12.4. The summed E-state index contributed by atoms with van der Waals surface area (Å²) in [6.45, 7) is 0.238. The lowest BCUT2D eigenvalue weighted by Gasteiger charge is -2.31. The minimum absolute atomic E-state index is 0.0741. The number of carboxylic acid groups (broad SMARTS) is 1. The molecule has 1 N–H and O–H groups in total. The number of carbonyl (C=O) groups is 1. The average Bonchev–Trinajstić information content (AvgIpc) is 2.39. The molecule has 7 heteroatoms. The molecule has 1 aliphatic heterocycles. The molecule has 2 rings (SSSR count). The monoisotopic (exact) mass is 303 g/mol. The van der Waals surface area contributed by atoms with Crippen molar-refractivity contribution >= 4 is 27.6 Å². The summed E-state index contributed by atoms with van der Waals surface area (Å²) in [7, 11) is -3.78. The van der Waals surface area contributed by atoms with Crippen LogP contribution in [-0.4, -0.2) is 36.4 Å². The summed E-state index contributed by atoms with van der Waals surface area (Å²) in [5.41, 5.74) is 0. The maximum atomic E-state index is 12.4. The molecule has 1 saturated heterocycles. The van der Waals surface area contributed by atoms with Gasteiger partial charge in [-0.15, -0.1) is 0 Å². The van der Waals surface area contributed by atoms with E-state index in [1.54, 1.807) is 0 Å². The summed E-state index contributed by atoms with van der Waals surface area (Å²) in [6, 6.07) is 4.77. The Morgan fingerprint density at radius 1 is 1.26 bits per heavy atom. The molecule has 0 saturated carbocycles. The van der Waals surface area contributed by atoms with Gasteiger partial charge in [0.1, 0.15) is 6.04 Å². The fourth-order valence-corrected chi connectivity index (χ4v) is 3.96. The van der Waals surface area contributed by atoms with Gasteiger partial charge < -0.3 is 5.11 Å². The second-order valence-corrected chi connectivity index (χ2v) is 6.75. The van der Waals surface area contributed by atoms with Crippen LogP contribution in [0.4, 0.5) is 0 Å². The van der Waals surface area contributed by atoms with E-state index in [4.69, 9.17) is 16.7 Å². The molecule has 5 nitrogen and oxygen atoms in total. The van der Waals surface area contributed by atoms with Gasteiger partial charge in [-0.05, 0) is 43.5 Å². The molecule has 0 aliphatic carbocycles. The van der Waals surface area contributed by atoms with Crippen LogP contribution in [-0.2, 0) is 14.8 Å². The molecular weight excluding hydrogens is 290 g/mol. The Kier molecular flexibility index (Phi) is 4.13. The minimum atomic E-state index is -3.78. The third-order valence-corrected chi connectivity index (χ3v) is 5.33. The molecule has 104 valence electrons. The smallest absolute Gasteiger partial charge is 0.322 e. The van der Waals surface area contributed by atoms with Gasteiger partial charge in [0.05, 0.1) is 4.90 Å². The van der Waals surface area contributed by atoms with E-state index in [1.807, 2.05) is 0 Å². The van der Waals surface area contributed by atoms with E-state index in [0.29, 0.717) is 17.9 Å². The lowest BCUT2D eigenvalue weighted by atomic mass is 10.1. The van der Waals surface area contributed by atoms with Crippen molar-refractivity contribution in [1.29, 1.82) is 0 Å². The summed E-state index contributed by atoms with van der Waals surface area (Å²) in [5, 5.41) is 9.57. The fourth-order valence-electron chi connectivity index (χ4n) is 2.18. The SMILES string of the molecule is O=C(O)[C@@H]1CCCCN1S(=O)(=O)c1ccc(Cl)cc1. The van der Waals surface area contributed by atoms with E-state index in [2.05, 4.69) is 0 Å². The Balaban J connectivity index is 2.37. The van der Waals surface area contributed by atoms with Crippen LogP contribution in [0.15, 0.2) is 29.2 Å². The van der Waals surface area contributed by atoms with Crippen LogP contribution in [0.3, 0.4) is 0 Å². The first-order chi connectivity index (χ1) is 8.93. The Morgan fingerprint density at radius 2 is 1.89 bits per heavy atom. The number of benzene rings is 1. The molecule has 1 aromatic rings. The zero-order valence-electron chi connectivity index (χ0n) is 10.1. The van der Waals surface area contributed by atoms with Crippen LogP contribution in [0.2, 0.25) is 5.02 Å².